The van der Waals surface area contributed by atoms with Crippen LogP contribution in [0.1, 0.15) is 31.0 Å². The normalized spacial score (nSPS) is 11.9. The third kappa shape index (κ3) is 4.97. The number of nitrogens with one attached hydrogen (secondary N) is 2. The lowest BCUT2D eigenvalue weighted by Gasteiger charge is -2.11. The highest BCUT2D eigenvalue weighted by Gasteiger charge is 2.33. The van der Waals surface area contributed by atoms with Crippen molar-refractivity contribution in [1.29, 1.82) is 0 Å². The number of imidazole rings is 2. The average Bonchev–Trinajstić information content (AvgIpc) is 3.46. The Morgan fingerprint density at radius 1 is 1.00 bits per heavy atom. The summed E-state index contributed by atoms with van der Waals surface area (Å²) in [6.07, 6.45) is -2.40. The number of alkyl halides is 3. The molecule has 0 saturated carbocycles. The lowest BCUT2D eigenvalue weighted by atomic mass is 10.0. The summed E-state index contributed by atoms with van der Waals surface area (Å²) in [7, 11) is 1.82. The van der Waals surface area contributed by atoms with E-state index in [4.69, 9.17) is 4.74 Å². The van der Waals surface area contributed by atoms with Gasteiger partial charge in [0, 0.05) is 25.4 Å². The molecule has 37 heavy (non-hydrogen) atoms. The van der Waals surface area contributed by atoms with Crippen LogP contribution in [0.2, 0.25) is 0 Å². The molecule has 5 aromatic rings. The number of anilines is 2. The number of pyridine rings is 1. The third-order valence-corrected chi connectivity index (χ3v) is 5.85. The van der Waals surface area contributed by atoms with Gasteiger partial charge < -0.3 is 19.6 Å². The van der Waals surface area contributed by atoms with E-state index < -0.39 is 11.9 Å². The van der Waals surface area contributed by atoms with Gasteiger partial charge in [-0.3, -0.25) is 4.98 Å². The van der Waals surface area contributed by atoms with Crippen LogP contribution in [0.3, 0.4) is 0 Å². The van der Waals surface area contributed by atoms with Gasteiger partial charge in [0.2, 0.25) is 5.95 Å². The van der Waals surface area contributed by atoms with E-state index in [1.54, 1.807) is 34.9 Å². The molecule has 7 nitrogen and oxygen atoms in total. The minimum absolute atomic E-state index is 0.0255. The number of aromatic amines is 1. The second-order valence-corrected chi connectivity index (χ2v) is 8.79. The number of hydrogen-bond donors (Lipinski definition) is 2. The smallest absolute Gasteiger partial charge is 0.432 e. The summed E-state index contributed by atoms with van der Waals surface area (Å²) in [5.41, 5.74) is 1.97. The highest BCUT2D eigenvalue weighted by molar-refractivity contribution is 5.81. The molecule has 0 atom stereocenters. The van der Waals surface area contributed by atoms with Crippen molar-refractivity contribution in [3.8, 4) is 23.0 Å². The van der Waals surface area contributed by atoms with Gasteiger partial charge in [0.15, 0.2) is 5.82 Å². The second kappa shape index (κ2) is 9.23. The quantitative estimate of drug-likeness (QED) is 0.237. The second-order valence-electron chi connectivity index (χ2n) is 8.79. The standard InChI is InChI=1S/C26H22F4N6O/c1-14(2)15-4-6-18(27)19(10-15)33-25-34-20-11-16(5-7-22(20)36(25)3)37-17-8-9-31-21(12-17)24-32-13-23(35-24)26(28,29)30/h4-14H,1-3H3,(H,32,35)(H,33,34). The maximum absolute atomic E-state index is 14.4. The van der Waals surface area contributed by atoms with E-state index in [1.807, 2.05) is 27.0 Å². The van der Waals surface area contributed by atoms with Crippen molar-refractivity contribution in [2.75, 3.05) is 5.32 Å². The van der Waals surface area contributed by atoms with Crippen molar-refractivity contribution in [3.05, 3.63) is 78.0 Å². The highest BCUT2D eigenvalue weighted by atomic mass is 19.4. The summed E-state index contributed by atoms with van der Waals surface area (Å²) in [6.45, 7) is 4.07. The van der Waals surface area contributed by atoms with E-state index in [0.717, 1.165) is 17.3 Å². The molecule has 0 amide bonds. The van der Waals surface area contributed by atoms with Gasteiger partial charge in [-0.2, -0.15) is 13.2 Å². The van der Waals surface area contributed by atoms with Gasteiger partial charge in [0.05, 0.1) is 22.9 Å². The van der Waals surface area contributed by atoms with Gasteiger partial charge in [-0.15, -0.1) is 0 Å². The van der Waals surface area contributed by atoms with Crippen LogP contribution in [-0.4, -0.2) is 24.5 Å². The molecule has 3 heterocycles. The summed E-state index contributed by atoms with van der Waals surface area (Å²) in [6, 6.07) is 13.3. The molecule has 0 bridgehead atoms. The topological polar surface area (TPSA) is 80.7 Å². The van der Waals surface area contributed by atoms with E-state index in [0.29, 0.717) is 28.7 Å². The van der Waals surface area contributed by atoms with Crippen LogP contribution in [0.5, 0.6) is 11.5 Å². The van der Waals surface area contributed by atoms with Gasteiger partial charge in [0.25, 0.3) is 0 Å². The zero-order valence-electron chi connectivity index (χ0n) is 20.1. The molecule has 2 N–H and O–H groups in total. The Labute approximate surface area is 209 Å². The maximum Gasteiger partial charge on any atom is 0.432 e. The summed E-state index contributed by atoms with van der Waals surface area (Å²) in [4.78, 5) is 14.7. The maximum atomic E-state index is 14.4. The van der Waals surface area contributed by atoms with Crippen molar-refractivity contribution in [3.63, 3.8) is 0 Å². The molecular weight excluding hydrogens is 488 g/mol. The number of hydrogen-bond acceptors (Lipinski definition) is 5. The van der Waals surface area contributed by atoms with Crippen LogP contribution < -0.4 is 10.1 Å². The zero-order valence-corrected chi connectivity index (χ0v) is 20.1. The minimum atomic E-state index is -4.53. The first-order valence-corrected chi connectivity index (χ1v) is 11.4. The molecular formula is C26H22F4N6O. The third-order valence-electron chi connectivity index (χ3n) is 5.85. The first-order chi connectivity index (χ1) is 17.6. The van der Waals surface area contributed by atoms with Crippen LogP contribution in [0, 0.1) is 5.82 Å². The Hall–Kier alpha value is -4.41. The molecule has 0 spiro atoms. The number of halogens is 4. The van der Waals surface area contributed by atoms with Crippen LogP contribution in [0.25, 0.3) is 22.6 Å². The van der Waals surface area contributed by atoms with Crippen molar-refractivity contribution in [2.24, 2.45) is 7.05 Å². The van der Waals surface area contributed by atoms with Crippen LogP contribution in [-0.2, 0) is 13.2 Å². The largest absolute Gasteiger partial charge is 0.457 e. The summed E-state index contributed by atoms with van der Waals surface area (Å²) < 4.78 is 60.8. The molecule has 190 valence electrons. The first kappa shape index (κ1) is 24.3. The summed E-state index contributed by atoms with van der Waals surface area (Å²) in [5, 5.41) is 3.07. The molecule has 5 rings (SSSR count). The molecule has 0 fully saturated rings. The number of H-pyrrole nitrogens is 1. The molecule has 3 aromatic heterocycles. The number of fused-ring (bicyclic) bond motifs is 1. The number of benzene rings is 2. The number of aromatic nitrogens is 5. The number of nitrogens with zero attached hydrogens (tertiary/aromatic N) is 4. The Balaban J connectivity index is 1.39. The SMILES string of the molecule is CC(C)c1ccc(F)c(Nc2nc3cc(Oc4ccnc(-c5ncc(C(F)(F)F)[nH]5)c4)ccc3n2C)c1. The van der Waals surface area contributed by atoms with E-state index in [1.165, 1.54) is 18.3 Å². The molecule has 2 aromatic carbocycles. The van der Waals surface area contributed by atoms with Gasteiger partial charge in [-0.05, 0) is 41.8 Å². The molecule has 0 aliphatic carbocycles. The van der Waals surface area contributed by atoms with Crippen molar-refractivity contribution < 1.29 is 22.3 Å². The Morgan fingerprint density at radius 3 is 2.51 bits per heavy atom. The van der Waals surface area contributed by atoms with E-state index in [9.17, 15) is 17.6 Å². The summed E-state index contributed by atoms with van der Waals surface area (Å²) >= 11 is 0. The lowest BCUT2D eigenvalue weighted by molar-refractivity contribution is -0.140. The van der Waals surface area contributed by atoms with Gasteiger partial charge in [0.1, 0.15) is 28.7 Å². The highest BCUT2D eigenvalue weighted by Crippen LogP contribution is 2.32. The molecule has 0 aliphatic rings. The van der Waals surface area contributed by atoms with Crippen molar-refractivity contribution >= 4 is 22.7 Å². The summed E-state index contributed by atoms with van der Waals surface area (Å²) in [5.74, 6) is 1.11. The van der Waals surface area contributed by atoms with E-state index in [-0.39, 0.29) is 23.3 Å². The Bertz CT molecular complexity index is 1590. The number of aryl methyl sites for hydroxylation is 1. The van der Waals surface area contributed by atoms with Crippen LogP contribution in [0.4, 0.5) is 29.2 Å². The monoisotopic (exact) mass is 510 g/mol. The fourth-order valence-electron chi connectivity index (χ4n) is 3.81. The Morgan fingerprint density at radius 2 is 1.78 bits per heavy atom. The number of rotatable bonds is 6. The van der Waals surface area contributed by atoms with Gasteiger partial charge >= 0.3 is 6.18 Å². The molecule has 0 aliphatic heterocycles. The molecule has 0 unspecified atom stereocenters. The van der Waals surface area contributed by atoms with Gasteiger partial charge in [-0.25, -0.2) is 14.4 Å². The fraction of sp³-hybridized carbons (Fsp3) is 0.192. The van der Waals surface area contributed by atoms with Crippen molar-refractivity contribution in [1.82, 2.24) is 24.5 Å². The van der Waals surface area contributed by atoms with Crippen LogP contribution >= 0.6 is 0 Å². The predicted octanol–water partition coefficient (Wildman–Crippen LogP) is 7.18. The van der Waals surface area contributed by atoms with Crippen LogP contribution in [0.15, 0.2) is 60.9 Å². The fourth-order valence-corrected chi connectivity index (χ4v) is 3.81. The Kier molecular flexibility index (Phi) is 6.06. The van der Waals surface area contributed by atoms with Crippen molar-refractivity contribution in [2.45, 2.75) is 25.9 Å². The lowest BCUT2D eigenvalue weighted by Crippen LogP contribution is -2.04. The average molecular weight is 510 g/mol. The molecule has 11 heteroatoms. The molecule has 0 radical (unpaired) electrons. The van der Waals surface area contributed by atoms with E-state index >= 15 is 0 Å². The predicted molar refractivity (Wildman–Crippen MR) is 131 cm³/mol. The van der Waals surface area contributed by atoms with Gasteiger partial charge in [-0.1, -0.05) is 19.9 Å². The molecule has 0 saturated heterocycles. The zero-order chi connectivity index (χ0) is 26.3. The van der Waals surface area contributed by atoms with E-state index in [2.05, 4.69) is 25.3 Å². The number of ether oxygens (including phenoxy) is 1. The first-order valence-electron chi connectivity index (χ1n) is 11.4. The minimum Gasteiger partial charge on any atom is -0.457 e.